The number of anilines is 1. The summed E-state index contributed by atoms with van der Waals surface area (Å²) in [5.41, 5.74) is 0.704. The lowest BCUT2D eigenvalue weighted by molar-refractivity contribution is 0.465. The molecule has 0 unspecified atom stereocenters. The van der Waals surface area contributed by atoms with Gasteiger partial charge in [0.1, 0.15) is 11.6 Å². The fourth-order valence-electron chi connectivity index (χ4n) is 1.92. The average molecular weight is 394 g/mol. The molecule has 0 saturated heterocycles. The molecular weight excluding hydrogens is 379 g/mol. The third-order valence-corrected chi connectivity index (χ3v) is 3.65. The van der Waals surface area contributed by atoms with E-state index in [0.717, 1.165) is 28.1 Å². The predicted molar refractivity (Wildman–Crippen MR) is 91.0 cm³/mol. The second-order valence-corrected chi connectivity index (χ2v) is 5.82. The van der Waals surface area contributed by atoms with Crippen LogP contribution in [0.15, 0.2) is 42.9 Å². The van der Waals surface area contributed by atoms with E-state index >= 15 is 0 Å². The summed E-state index contributed by atoms with van der Waals surface area (Å²) in [4.78, 5) is 8.81. The third-order valence-electron chi connectivity index (χ3n) is 2.93. The zero-order chi connectivity index (χ0) is 14.7. The predicted octanol–water partition coefficient (Wildman–Crippen LogP) is 3.95. The van der Waals surface area contributed by atoms with Crippen LogP contribution in [0.2, 0.25) is 0 Å². The molecule has 21 heavy (non-hydrogen) atoms. The van der Waals surface area contributed by atoms with E-state index in [9.17, 15) is 0 Å². The molecule has 0 aliphatic carbocycles. The lowest BCUT2D eigenvalue weighted by atomic mass is 10.3. The van der Waals surface area contributed by atoms with Crippen LogP contribution in [0.1, 0.15) is 13.3 Å². The van der Waals surface area contributed by atoms with Crippen LogP contribution in [-0.4, -0.2) is 20.9 Å². The van der Waals surface area contributed by atoms with Crippen molar-refractivity contribution in [2.75, 3.05) is 11.9 Å². The molecule has 1 N–H and O–H groups in total. The Hall–Kier alpha value is -1.83. The molecule has 0 fully saturated rings. The van der Waals surface area contributed by atoms with Crippen LogP contribution < -0.4 is 10.1 Å². The molecule has 2 aromatic heterocycles. The molecule has 0 radical (unpaired) electrons. The Bertz CT molecular complexity index is 739. The minimum absolute atomic E-state index is 0.502. The Balaban J connectivity index is 1.95. The van der Waals surface area contributed by atoms with E-state index in [1.807, 2.05) is 41.1 Å². The van der Waals surface area contributed by atoms with E-state index in [1.54, 1.807) is 6.20 Å². The molecule has 108 valence electrons. The van der Waals surface area contributed by atoms with Crippen molar-refractivity contribution in [2.45, 2.75) is 13.3 Å². The number of ether oxygens (including phenoxy) is 1. The first-order valence-electron chi connectivity index (χ1n) is 6.77. The van der Waals surface area contributed by atoms with Gasteiger partial charge >= 0.3 is 0 Å². The summed E-state index contributed by atoms with van der Waals surface area (Å²) in [7, 11) is 0. The molecule has 0 amide bonds. The fourth-order valence-corrected chi connectivity index (χ4v) is 2.28. The molecule has 6 heteroatoms. The van der Waals surface area contributed by atoms with Crippen molar-refractivity contribution in [3.05, 3.63) is 46.4 Å². The van der Waals surface area contributed by atoms with Crippen molar-refractivity contribution in [1.82, 2.24) is 14.4 Å². The summed E-state index contributed by atoms with van der Waals surface area (Å²) in [6, 6.07) is 7.85. The molecule has 3 rings (SSSR count). The van der Waals surface area contributed by atoms with Crippen molar-refractivity contribution in [3.8, 4) is 11.6 Å². The van der Waals surface area contributed by atoms with Crippen molar-refractivity contribution < 1.29 is 4.74 Å². The highest BCUT2D eigenvalue weighted by molar-refractivity contribution is 14.1. The van der Waals surface area contributed by atoms with Crippen molar-refractivity contribution >= 4 is 34.1 Å². The van der Waals surface area contributed by atoms with E-state index in [2.05, 4.69) is 44.8 Å². The summed E-state index contributed by atoms with van der Waals surface area (Å²) in [6.45, 7) is 2.99. The highest BCUT2D eigenvalue weighted by Gasteiger charge is 2.09. The van der Waals surface area contributed by atoms with E-state index in [4.69, 9.17) is 4.74 Å². The molecule has 0 saturated carbocycles. The van der Waals surface area contributed by atoms with Gasteiger partial charge in [-0.15, -0.1) is 0 Å². The number of fused-ring (bicyclic) bond motifs is 1. The van der Waals surface area contributed by atoms with E-state index in [0.29, 0.717) is 11.5 Å². The van der Waals surface area contributed by atoms with Crippen molar-refractivity contribution in [3.63, 3.8) is 0 Å². The largest absolute Gasteiger partial charge is 0.436 e. The summed E-state index contributed by atoms with van der Waals surface area (Å²) in [5.74, 6) is 2.03. The number of rotatable bonds is 5. The molecule has 0 bridgehead atoms. The molecule has 0 aliphatic rings. The monoisotopic (exact) mass is 394 g/mol. The zero-order valence-electron chi connectivity index (χ0n) is 11.6. The van der Waals surface area contributed by atoms with Crippen LogP contribution in [0, 0.1) is 3.57 Å². The van der Waals surface area contributed by atoms with Crippen LogP contribution in [0.4, 0.5) is 5.82 Å². The van der Waals surface area contributed by atoms with Crippen LogP contribution in [0.3, 0.4) is 0 Å². The van der Waals surface area contributed by atoms with Crippen LogP contribution in [0.5, 0.6) is 11.6 Å². The quantitative estimate of drug-likeness (QED) is 0.666. The van der Waals surface area contributed by atoms with Gasteiger partial charge in [-0.25, -0.2) is 4.98 Å². The maximum atomic E-state index is 5.89. The SMILES string of the molecule is CCCNc1cn2ccnc2c(Oc2ccc(I)cc2)n1. The number of benzene rings is 1. The Morgan fingerprint density at radius 3 is 2.86 bits per heavy atom. The minimum atomic E-state index is 0.502. The topological polar surface area (TPSA) is 51.5 Å². The van der Waals surface area contributed by atoms with Gasteiger partial charge < -0.3 is 10.1 Å². The lowest BCUT2D eigenvalue weighted by Crippen LogP contribution is -2.05. The molecule has 3 aromatic rings. The Morgan fingerprint density at radius 2 is 2.10 bits per heavy atom. The number of nitrogens with zero attached hydrogens (tertiary/aromatic N) is 3. The molecule has 0 spiro atoms. The highest BCUT2D eigenvalue weighted by Crippen LogP contribution is 2.25. The van der Waals surface area contributed by atoms with Gasteiger partial charge in [-0.2, -0.15) is 4.98 Å². The Kier molecular flexibility index (Phi) is 4.23. The second kappa shape index (κ2) is 6.30. The normalized spacial score (nSPS) is 10.8. The smallest absolute Gasteiger partial charge is 0.265 e. The van der Waals surface area contributed by atoms with Crippen molar-refractivity contribution in [1.29, 1.82) is 0 Å². The number of imidazole rings is 1. The first kappa shape index (κ1) is 14.1. The first-order chi connectivity index (χ1) is 10.3. The third kappa shape index (κ3) is 3.26. The van der Waals surface area contributed by atoms with Gasteiger partial charge in [0, 0.05) is 22.5 Å². The maximum absolute atomic E-state index is 5.89. The zero-order valence-corrected chi connectivity index (χ0v) is 13.7. The summed E-state index contributed by atoms with van der Waals surface area (Å²) in [5, 5.41) is 3.27. The molecule has 2 heterocycles. The van der Waals surface area contributed by atoms with Gasteiger partial charge in [0.25, 0.3) is 5.88 Å². The van der Waals surface area contributed by atoms with Crippen molar-refractivity contribution in [2.24, 2.45) is 0 Å². The fraction of sp³-hybridized carbons (Fsp3) is 0.200. The van der Waals surface area contributed by atoms with Gasteiger partial charge in [0.15, 0.2) is 0 Å². The summed E-state index contributed by atoms with van der Waals surface area (Å²) >= 11 is 2.26. The number of hydrogen-bond acceptors (Lipinski definition) is 4. The average Bonchev–Trinajstić information content (AvgIpc) is 2.96. The number of nitrogens with one attached hydrogen (secondary N) is 1. The number of aromatic nitrogens is 3. The van der Waals surface area contributed by atoms with Gasteiger partial charge in [-0.3, -0.25) is 4.40 Å². The van der Waals surface area contributed by atoms with E-state index in [1.165, 1.54) is 0 Å². The Labute approximate surface area is 136 Å². The van der Waals surface area contributed by atoms with Crippen LogP contribution >= 0.6 is 22.6 Å². The summed E-state index contributed by atoms with van der Waals surface area (Å²) < 4.78 is 8.96. The van der Waals surface area contributed by atoms with E-state index < -0.39 is 0 Å². The summed E-state index contributed by atoms with van der Waals surface area (Å²) in [6.07, 6.45) is 6.58. The second-order valence-electron chi connectivity index (χ2n) is 4.57. The molecule has 1 aromatic carbocycles. The maximum Gasteiger partial charge on any atom is 0.265 e. The molecule has 0 atom stereocenters. The van der Waals surface area contributed by atoms with Gasteiger partial charge in [-0.05, 0) is 53.3 Å². The van der Waals surface area contributed by atoms with Gasteiger partial charge in [0.05, 0.1) is 6.20 Å². The van der Waals surface area contributed by atoms with E-state index in [-0.39, 0.29) is 0 Å². The first-order valence-corrected chi connectivity index (χ1v) is 7.85. The molecular formula is C15H15IN4O. The number of halogens is 1. The van der Waals surface area contributed by atoms with Crippen LogP contribution in [-0.2, 0) is 0 Å². The number of hydrogen-bond donors (Lipinski definition) is 1. The molecule has 0 aliphatic heterocycles. The van der Waals surface area contributed by atoms with Gasteiger partial charge in [-0.1, -0.05) is 6.92 Å². The standard InChI is InChI=1S/C15H15IN4O/c1-2-7-17-13-10-20-9-8-18-14(20)15(19-13)21-12-5-3-11(16)4-6-12/h3-6,8-10,17H,2,7H2,1H3. The Morgan fingerprint density at radius 1 is 1.29 bits per heavy atom. The van der Waals surface area contributed by atoms with Gasteiger partial charge in [0.2, 0.25) is 5.65 Å². The van der Waals surface area contributed by atoms with Crippen LogP contribution in [0.25, 0.3) is 5.65 Å². The lowest BCUT2D eigenvalue weighted by Gasteiger charge is -2.10. The molecule has 5 nitrogen and oxygen atoms in total. The highest BCUT2D eigenvalue weighted by atomic mass is 127. The minimum Gasteiger partial charge on any atom is -0.436 e.